The van der Waals surface area contributed by atoms with Crippen molar-refractivity contribution in [2.24, 2.45) is 0 Å². The molecular weight excluding hydrogens is 625 g/mol. The van der Waals surface area contributed by atoms with Gasteiger partial charge in [-0.3, -0.25) is 14.7 Å². The molecule has 0 spiro atoms. The number of aromatic nitrogens is 3. The Balaban J connectivity index is 1.39. The largest absolute Gasteiger partial charge is 0.278 e. The third-order valence-corrected chi connectivity index (χ3v) is 10.6. The van der Waals surface area contributed by atoms with Gasteiger partial charge in [-0.1, -0.05) is 97.1 Å². The topological polar surface area (TPSA) is 73.8 Å². The van der Waals surface area contributed by atoms with Crippen molar-refractivity contribution in [3.63, 3.8) is 0 Å². The highest BCUT2D eigenvalue weighted by Crippen LogP contribution is 2.45. The smallest absolute Gasteiger partial charge is 0.277 e. The monoisotopic (exact) mass is 648 g/mol. The number of nitro groups is 1. The van der Waals surface area contributed by atoms with Gasteiger partial charge in [-0.05, 0) is 53.4 Å². The first-order valence-corrected chi connectivity index (χ1v) is 16.8. The molecule has 0 aliphatic heterocycles. The Kier molecular flexibility index (Phi) is 5.95. The second-order valence-corrected chi connectivity index (χ2v) is 13.3. The lowest BCUT2D eigenvalue weighted by Crippen LogP contribution is -2.03. The molecule has 0 radical (unpaired) electrons. The van der Waals surface area contributed by atoms with Crippen molar-refractivity contribution in [3.05, 3.63) is 156 Å². The summed E-state index contributed by atoms with van der Waals surface area (Å²) in [6, 6.07) is 48.7. The number of para-hydroxylation sites is 2. The van der Waals surface area contributed by atoms with Crippen LogP contribution >= 0.6 is 11.3 Å². The molecule has 0 fully saturated rings. The Bertz CT molecular complexity index is 2980. The zero-order chi connectivity index (χ0) is 32.6. The summed E-state index contributed by atoms with van der Waals surface area (Å²) in [6.45, 7) is 0. The third kappa shape index (κ3) is 4.13. The molecule has 10 rings (SSSR count). The molecule has 230 valence electrons. The molecule has 10 aromatic rings. The van der Waals surface area contributed by atoms with E-state index in [1.54, 1.807) is 23.5 Å². The zero-order valence-corrected chi connectivity index (χ0v) is 26.7. The summed E-state index contributed by atoms with van der Waals surface area (Å²) < 4.78 is 4.60. The quantitative estimate of drug-likeness (QED) is 0.141. The Morgan fingerprint density at radius 3 is 2.18 bits per heavy atom. The van der Waals surface area contributed by atoms with Crippen LogP contribution in [0.15, 0.2) is 146 Å². The molecule has 7 heteroatoms. The minimum absolute atomic E-state index is 0.0760. The molecule has 0 N–H and O–H groups in total. The van der Waals surface area contributed by atoms with Crippen LogP contribution in [0.4, 0.5) is 5.69 Å². The fraction of sp³-hybridized carbons (Fsp3) is 0. The zero-order valence-electron chi connectivity index (χ0n) is 25.9. The highest BCUT2D eigenvalue weighted by atomic mass is 32.1. The van der Waals surface area contributed by atoms with E-state index in [4.69, 9.17) is 9.97 Å². The molecule has 0 atom stereocenters. The van der Waals surface area contributed by atoms with Gasteiger partial charge in [-0.2, -0.15) is 0 Å². The molecule has 0 aliphatic rings. The van der Waals surface area contributed by atoms with Crippen molar-refractivity contribution in [2.75, 3.05) is 0 Å². The summed E-state index contributed by atoms with van der Waals surface area (Å²) in [4.78, 5) is 22.3. The van der Waals surface area contributed by atoms with Crippen molar-refractivity contribution in [3.8, 4) is 28.3 Å². The number of nitrogens with zero attached hydrogens (tertiary/aromatic N) is 4. The van der Waals surface area contributed by atoms with E-state index < -0.39 is 0 Å². The van der Waals surface area contributed by atoms with Gasteiger partial charge in [0.25, 0.3) is 5.69 Å². The Morgan fingerprint density at radius 1 is 0.571 bits per heavy atom. The standard InChI is InChI=1S/C42H24N4O2S/c47-46(48)34-16-8-5-12-28(34)27-19-21-33-31(24-27)39-35(22-18-25-20-23-37-40(38(25)39)30-14-6-9-17-36(30)49-37)45(33)42-43-32-15-7-4-13-29(32)41(44-42)26-10-2-1-3-11-26/h1-24H. The van der Waals surface area contributed by atoms with E-state index >= 15 is 0 Å². The summed E-state index contributed by atoms with van der Waals surface area (Å²) in [5.41, 5.74) is 6.06. The Morgan fingerprint density at radius 2 is 1.31 bits per heavy atom. The van der Waals surface area contributed by atoms with Crippen LogP contribution in [0.5, 0.6) is 0 Å². The van der Waals surface area contributed by atoms with Gasteiger partial charge < -0.3 is 0 Å². The maximum atomic E-state index is 12.1. The van der Waals surface area contributed by atoms with Crippen molar-refractivity contribution >= 4 is 80.7 Å². The van der Waals surface area contributed by atoms with E-state index in [1.807, 2.05) is 54.6 Å². The lowest BCUT2D eigenvalue weighted by atomic mass is 9.97. The highest BCUT2D eigenvalue weighted by molar-refractivity contribution is 7.26. The van der Waals surface area contributed by atoms with Crippen molar-refractivity contribution in [1.82, 2.24) is 14.5 Å². The number of hydrogen-bond acceptors (Lipinski definition) is 5. The fourth-order valence-electron chi connectivity index (χ4n) is 7.38. The second kappa shape index (κ2) is 10.5. The van der Waals surface area contributed by atoms with E-state index in [0.29, 0.717) is 11.5 Å². The van der Waals surface area contributed by atoms with E-state index in [0.717, 1.165) is 60.3 Å². The first-order valence-electron chi connectivity index (χ1n) is 16.0. The SMILES string of the molecule is O=[N+]([O-])c1ccccc1-c1ccc2c(c1)c1c3c(ccc4sc5ccccc5c43)ccc1n2-c1nc(-c2ccccc2)c2ccccc2n1. The van der Waals surface area contributed by atoms with Crippen LogP contribution < -0.4 is 0 Å². The van der Waals surface area contributed by atoms with Crippen LogP contribution in [0.1, 0.15) is 0 Å². The maximum Gasteiger partial charge on any atom is 0.277 e. The Hall–Kier alpha value is -6.44. The van der Waals surface area contributed by atoms with Crippen molar-refractivity contribution in [2.45, 2.75) is 0 Å². The van der Waals surface area contributed by atoms with Crippen LogP contribution in [0, 0.1) is 10.1 Å². The lowest BCUT2D eigenvalue weighted by Gasteiger charge is -2.12. The summed E-state index contributed by atoms with van der Waals surface area (Å²) in [5, 5.41) is 19.9. The number of benzene rings is 7. The van der Waals surface area contributed by atoms with E-state index in [-0.39, 0.29) is 10.6 Å². The molecule has 3 aromatic heterocycles. The summed E-state index contributed by atoms with van der Waals surface area (Å²) in [7, 11) is 0. The molecule has 0 unspecified atom stereocenters. The normalized spacial score (nSPS) is 11.8. The summed E-state index contributed by atoms with van der Waals surface area (Å²) in [5.74, 6) is 0.567. The predicted octanol–water partition coefficient (Wildman–Crippen LogP) is 11.5. The minimum Gasteiger partial charge on any atom is -0.278 e. The molecule has 6 nitrogen and oxygen atoms in total. The van der Waals surface area contributed by atoms with Crippen LogP contribution in [0.3, 0.4) is 0 Å². The number of rotatable bonds is 4. The van der Waals surface area contributed by atoms with Gasteiger partial charge in [0.15, 0.2) is 0 Å². The van der Waals surface area contributed by atoms with Gasteiger partial charge in [-0.25, -0.2) is 9.97 Å². The molecule has 0 aliphatic carbocycles. The molecule has 0 saturated heterocycles. The predicted molar refractivity (Wildman–Crippen MR) is 202 cm³/mol. The molecule has 7 aromatic carbocycles. The van der Waals surface area contributed by atoms with Crippen LogP contribution in [-0.2, 0) is 0 Å². The van der Waals surface area contributed by atoms with Crippen molar-refractivity contribution in [1.29, 1.82) is 0 Å². The highest BCUT2D eigenvalue weighted by Gasteiger charge is 2.22. The molecule has 0 saturated carbocycles. The average Bonchev–Trinajstić information content (AvgIpc) is 3.70. The summed E-state index contributed by atoms with van der Waals surface area (Å²) >= 11 is 1.79. The van der Waals surface area contributed by atoms with E-state index in [9.17, 15) is 10.1 Å². The van der Waals surface area contributed by atoms with Crippen LogP contribution in [0.25, 0.3) is 92.0 Å². The van der Waals surface area contributed by atoms with Gasteiger partial charge in [0.1, 0.15) is 0 Å². The van der Waals surface area contributed by atoms with Gasteiger partial charge in [0.05, 0.1) is 32.7 Å². The molecule has 0 bridgehead atoms. The van der Waals surface area contributed by atoms with E-state index in [1.165, 1.54) is 20.2 Å². The first-order chi connectivity index (χ1) is 24.1. The number of hydrogen-bond donors (Lipinski definition) is 0. The number of nitro benzene ring substituents is 1. The lowest BCUT2D eigenvalue weighted by molar-refractivity contribution is -0.384. The number of thiophene rings is 1. The van der Waals surface area contributed by atoms with Gasteiger partial charge in [-0.15, -0.1) is 11.3 Å². The molecule has 49 heavy (non-hydrogen) atoms. The molecular formula is C42H24N4O2S. The molecule has 0 amide bonds. The minimum atomic E-state index is -0.312. The fourth-order valence-corrected chi connectivity index (χ4v) is 8.50. The number of fused-ring (bicyclic) bond motifs is 10. The van der Waals surface area contributed by atoms with Gasteiger partial charge in [0.2, 0.25) is 5.95 Å². The Labute approximate surface area is 283 Å². The first kappa shape index (κ1) is 27.7. The maximum absolute atomic E-state index is 12.1. The third-order valence-electron chi connectivity index (χ3n) is 9.50. The van der Waals surface area contributed by atoms with Crippen molar-refractivity contribution < 1.29 is 4.92 Å². The van der Waals surface area contributed by atoms with E-state index in [2.05, 4.69) is 83.4 Å². The average molecular weight is 649 g/mol. The van der Waals surface area contributed by atoms with Crippen LogP contribution in [-0.4, -0.2) is 19.5 Å². The van der Waals surface area contributed by atoms with Gasteiger partial charge >= 0.3 is 0 Å². The second-order valence-electron chi connectivity index (χ2n) is 12.2. The molecule has 3 heterocycles. The van der Waals surface area contributed by atoms with Gasteiger partial charge in [0, 0.05) is 53.3 Å². The summed E-state index contributed by atoms with van der Waals surface area (Å²) in [6.07, 6.45) is 0. The van der Waals surface area contributed by atoms with Crippen LogP contribution in [0.2, 0.25) is 0 Å².